The van der Waals surface area contributed by atoms with Gasteiger partial charge in [-0.25, -0.2) is 8.42 Å². The molecule has 0 saturated carbocycles. The average Bonchev–Trinajstić information content (AvgIpc) is 2.79. The van der Waals surface area contributed by atoms with E-state index in [0.717, 1.165) is 15.4 Å². The summed E-state index contributed by atoms with van der Waals surface area (Å²) in [4.78, 5) is 27.9. The van der Waals surface area contributed by atoms with Gasteiger partial charge >= 0.3 is 0 Å². The fourth-order valence-corrected chi connectivity index (χ4v) is 4.63. The predicted molar refractivity (Wildman–Crippen MR) is 135 cm³/mol. The molecule has 0 unspecified atom stereocenters. The Hall–Kier alpha value is -2.42. The monoisotopic (exact) mass is 507 g/mol. The molecule has 0 radical (unpaired) electrons. The van der Waals surface area contributed by atoms with Crippen LogP contribution in [0.25, 0.3) is 0 Å². The Balaban J connectivity index is 2.30. The van der Waals surface area contributed by atoms with E-state index < -0.39 is 28.5 Å². The molecule has 0 aliphatic rings. The summed E-state index contributed by atoms with van der Waals surface area (Å²) < 4.78 is 27.0. The van der Waals surface area contributed by atoms with Crippen LogP contribution in [0.1, 0.15) is 38.3 Å². The van der Waals surface area contributed by atoms with Crippen LogP contribution in [0.4, 0.5) is 0 Å². The number of halogens is 1. The van der Waals surface area contributed by atoms with E-state index in [0.29, 0.717) is 18.0 Å². The van der Waals surface area contributed by atoms with Crippen molar-refractivity contribution in [3.63, 3.8) is 0 Å². The number of hydrogen-bond acceptors (Lipinski definition) is 4. The lowest BCUT2D eigenvalue weighted by Crippen LogP contribution is -2.52. The third-order valence-corrected chi connectivity index (χ3v) is 7.49. The van der Waals surface area contributed by atoms with Gasteiger partial charge in [0.2, 0.25) is 21.8 Å². The van der Waals surface area contributed by atoms with Gasteiger partial charge in [-0.15, -0.1) is 0 Å². The third kappa shape index (κ3) is 7.55. The van der Waals surface area contributed by atoms with Crippen molar-refractivity contribution < 1.29 is 18.0 Å². The van der Waals surface area contributed by atoms with Crippen molar-refractivity contribution >= 4 is 33.4 Å². The topological polar surface area (TPSA) is 86.8 Å². The second-order valence-corrected chi connectivity index (χ2v) is 11.3. The number of nitrogens with zero attached hydrogens (tertiary/aromatic N) is 2. The summed E-state index contributed by atoms with van der Waals surface area (Å²) >= 11 is 5.87. The van der Waals surface area contributed by atoms with Gasteiger partial charge in [-0.1, -0.05) is 62.2 Å². The number of hydrogen-bond donors (Lipinski definition) is 1. The van der Waals surface area contributed by atoms with E-state index in [4.69, 9.17) is 11.6 Å². The zero-order valence-corrected chi connectivity index (χ0v) is 22.0. The molecule has 0 spiro atoms. The zero-order valence-electron chi connectivity index (χ0n) is 20.4. The highest BCUT2D eigenvalue weighted by Gasteiger charge is 2.31. The maximum atomic E-state index is 13.4. The summed E-state index contributed by atoms with van der Waals surface area (Å²) in [7, 11) is -2.56. The molecule has 0 aliphatic carbocycles. The van der Waals surface area contributed by atoms with E-state index >= 15 is 0 Å². The normalized spacial score (nSPS) is 12.6. The molecule has 0 aliphatic heterocycles. The number of aryl methyl sites for hydroxylation is 1. The van der Waals surface area contributed by atoms with Crippen LogP contribution >= 0.6 is 11.6 Å². The lowest BCUT2D eigenvalue weighted by molar-refractivity contribution is -0.141. The van der Waals surface area contributed by atoms with Gasteiger partial charge in [-0.2, -0.15) is 4.31 Å². The summed E-state index contributed by atoms with van der Waals surface area (Å²) in [5.41, 5.74) is 1.94. The van der Waals surface area contributed by atoms with Crippen molar-refractivity contribution in [1.29, 1.82) is 0 Å². The quantitative estimate of drug-likeness (QED) is 0.500. The van der Waals surface area contributed by atoms with Crippen LogP contribution < -0.4 is 5.32 Å². The molecule has 2 aromatic carbocycles. The second-order valence-electron chi connectivity index (χ2n) is 8.79. The van der Waals surface area contributed by atoms with Gasteiger partial charge in [0.05, 0.1) is 11.4 Å². The number of carbonyl (C=O) groups excluding carboxylic acids is 2. The van der Waals surface area contributed by atoms with Crippen LogP contribution in [0.5, 0.6) is 0 Å². The highest BCUT2D eigenvalue weighted by atomic mass is 35.5. The maximum absolute atomic E-state index is 13.4. The van der Waals surface area contributed by atoms with Gasteiger partial charge in [0.15, 0.2) is 0 Å². The highest BCUT2D eigenvalue weighted by Crippen LogP contribution is 2.19. The maximum Gasteiger partial charge on any atom is 0.243 e. The molecular formula is C25H34ClN3O4S. The van der Waals surface area contributed by atoms with Crippen LogP contribution in [0, 0.1) is 12.8 Å². The molecule has 186 valence electrons. The van der Waals surface area contributed by atoms with E-state index in [1.807, 2.05) is 52.0 Å². The van der Waals surface area contributed by atoms with Gasteiger partial charge in [-0.05, 0) is 49.1 Å². The van der Waals surface area contributed by atoms with Crippen LogP contribution in [-0.2, 0) is 26.2 Å². The summed E-state index contributed by atoms with van der Waals surface area (Å²) in [5, 5.41) is 3.32. The molecule has 2 rings (SSSR count). The Kier molecular flexibility index (Phi) is 10.1. The number of benzene rings is 2. The number of rotatable bonds is 11. The van der Waals surface area contributed by atoms with Gasteiger partial charge in [0.25, 0.3) is 0 Å². The molecule has 0 aromatic heterocycles. The summed E-state index contributed by atoms with van der Waals surface area (Å²) in [5.74, 6) is -0.439. The number of amides is 2. The number of nitrogens with one attached hydrogen (secondary N) is 1. The summed E-state index contributed by atoms with van der Waals surface area (Å²) in [6.07, 6.45) is 0.398. The minimum absolute atomic E-state index is 0.0407. The Bertz CT molecular complexity index is 1070. The Morgan fingerprint density at radius 3 is 2.15 bits per heavy atom. The molecule has 0 saturated heterocycles. The first kappa shape index (κ1) is 27.8. The molecule has 7 nitrogen and oxygen atoms in total. The Labute approximate surface area is 208 Å². The van der Waals surface area contributed by atoms with E-state index in [1.54, 1.807) is 0 Å². The number of sulfonamides is 1. The molecule has 1 atom stereocenters. The molecule has 34 heavy (non-hydrogen) atoms. The molecular weight excluding hydrogens is 474 g/mol. The van der Waals surface area contributed by atoms with E-state index in [-0.39, 0.29) is 23.3 Å². The smallest absolute Gasteiger partial charge is 0.243 e. The third-order valence-electron chi connectivity index (χ3n) is 5.42. The first-order valence-electron chi connectivity index (χ1n) is 11.3. The Morgan fingerprint density at radius 1 is 1.03 bits per heavy atom. The fourth-order valence-electron chi connectivity index (χ4n) is 3.39. The molecule has 1 N–H and O–H groups in total. The first-order valence-corrected chi connectivity index (χ1v) is 13.1. The summed E-state index contributed by atoms with van der Waals surface area (Å²) in [6.45, 7) is 8.08. The average molecular weight is 508 g/mol. The van der Waals surface area contributed by atoms with Gasteiger partial charge in [0, 0.05) is 25.2 Å². The van der Waals surface area contributed by atoms with Crippen molar-refractivity contribution in [1.82, 2.24) is 14.5 Å². The van der Waals surface area contributed by atoms with Crippen LogP contribution in [0.2, 0.25) is 5.02 Å². The van der Waals surface area contributed by atoms with E-state index in [9.17, 15) is 18.0 Å². The molecule has 0 heterocycles. The molecule has 2 amide bonds. The minimum Gasteiger partial charge on any atom is -0.354 e. The SMILES string of the molecule is CC[C@@H](C(=O)NCC(C)C)N(Cc1ccc(C)cc1)C(=O)CN(C)S(=O)(=O)c1ccc(Cl)cc1. The van der Waals surface area contributed by atoms with Crippen LogP contribution in [-0.4, -0.2) is 55.6 Å². The van der Waals surface area contributed by atoms with Crippen molar-refractivity contribution in [3.8, 4) is 0 Å². The molecule has 0 fully saturated rings. The first-order chi connectivity index (χ1) is 15.9. The Morgan fingerprint density at radius 2 is 1.62 bits per heavy atom. The van der Waals surface area contributed by atoms with Crippen molar-refractivity contribution in [3.05, 3.63) is 64.7 Å². The van der Waals surface area contributed by atoms with Crippen LogP contribution in [0.15, 0.2) is 53.4 Å². The molecule has 2 aromatic rings. The lowest BCUT2D eigenvalue weighted by atomic mass is 10.1. The fraction of sp³-hybridized carbons (Fsp3) is 0.440. The predicted octanol–water partition coefficient (Wildman–Crippen LogP) is 3.85. The molecule has 0 bridgehead atoms. The van der Waals surface area contributed by atoms with E-state index in [1.165, 1.54) is 36.2 Å². The standard InChI is InChI=1S/C25H34ClN3O4S/c1-6-23(25(31)27-15-18(2)3)29(16-20-9-7-19(4)8-10-20)24(30)17-28(5)34(32,33)22-13-11-21(26)12-14-22/h7-14,18,23H,6,15-17H2,1-5H3,(H,27,31)/t23-/m0/s1. The highest BCUT2D eigenvalue weighted by molar-refractivity contribution is 7.89. The van der Waals surface area contributed by atoms with Crippen LogP contribution in [0.3, 0.4) is 0 Å². The van der Waals surface area contributed by atoms with Crippen molar-refractivity contribution in [2.24, 2.45) is 5.92 Å². The summed E-state index contributed by atoms with van der Waals surface area (Å²) in [6, 6.07) is 12.7. The largest absolute Gasteiger partial charge is 0.354 e. The van der Waals surface area contributed by atoms with Gasteiger partial charge < -0.3 is 10.2 Å². The van der Waals surface area contributed by atoms with Gasteiger partial charge in [0.1, 0.15) is 6.04 Å². The van der Waals surface area contributed by atoms with Gasteiger partial charge in [-0.3, -0.25) is 9.59 Å². The molecule has 9 heteroatoms. The van der Waals surface area contributed by atoms with E-state index in [2.05, 4.69) is 5.32 Å². The minimum atomic E-state index is -3.91. The number of carbonyl (C=O) groups is 2. The van der Waals surface area contributed by atoms with Crippen molar-refractivity contribution in [2.45, 2.75) is 51.6 Å². The van der Waals surface area contributed by atoms with Crippen molar-refractivity contribution in [2.75, 3.05) is 20.1 Å². The lowest BCUT2D eigenvalue weighted by Gasteiger charge is -2.32. The second kappa shape index (κ2) is 12.3. The zero-order chi connectivity index (χ0) is 25.5. The number of likely N-dealkylation sites (N-methyl/N-ethyl adjacent to an activating group) is 1.